The quantitative estimate of drug-likeness (QED) is 0.499. The molecule has 0 nitrogen and oxygen atoms in total. The summed E-state index contributed by atoms with van der Waals surface area (Å²) < 4.78 is 37.5. The van der Waals surface area contributed by atoms with Crippen molar-refractivity contribution in [2.45, 2.75) is 6.18 Å². The van der Waals surface area contributed by atoms with Crippen molar-refractivity contribution >= 4 is 27.5 Å². The normalized spacial score (nSPS) is 10.7. The summed E-state index contributed by atoms with van der Waals surface area (Å²) in [6.45, 7) is 0. The molecule has 0 fully saturated rings. The highest BCUT2D eigenvalue weighted by molar-refractivity contribution is 9.09. The van der Waals surface area contributed by atoms with E-state index in [9.17, 15) is 13.2 Å². The van der Waals surface area contributed by atoms with E-state index in [2.05, 4.69) is 27.8 Å². The van der Waals surface area contributed by atoms with Gasteiger partial charge in [-0.25, -0.2) is 0 Å². The molecular weight excluding hydrogens is 292 g/mol. The molecular formula is C10H5BrClF3. The zero-order valence-corrected chi connectivity index (χ0v) is 9.67. The van der Waals surface area contributed by atoms with E-state index in [0.29, 0.717) is 5.33 Å². The highest BCUT2D eigenvalue weighted by Crippen LogP contribution is 2.32. The minimum absolute atomic E-state index is 0.102. The van der Waals surface area contributed by atoms with Gasteiger partial charge in [-0.1, -0.05) is 39.4 Å². The molecule has 5 heteroatoms. The third kappa shape index (κ3) is 3.44. The molecule has 1 aromatic rings. The lowest BCUT2D eigenvalue weighted by Crippen LogP contribution is -2.07. The third-order valence-electron chi connectivity index (χ3n) is 1.58. The standard InChI is InChI=1S/C10H5BrClF3/c11-5-1-2-7-6-8(12)3-4-9(7)10(13,14)15/h3-4,6H,5H2. The fourth-order valence-corrected chi connectivity index (χ4v) is 1.31. The first kappa shape index (κ1) is 12.4. The van der Waals surface area contributed by atoms with Crippen molar-refractivity contribution in [3.8, 4) is 11.8 Å². The molecule has 0 saturated heterocycles. The fourth-order valence-electron chi connectivity index (χ4n) is 0.996. The first-order chi connectivity index (χ1) is 6.95. The highest BCUT2D eigenvalue weighted by atomic mass is 79.9. The van der Waals surface area contributed by atoms with Crippen LogP contribution in [0.2, 0.25) is 5.02 Å². The van der Waals surface area contributed by atoms with E-state index < -0.39 is 11.7 Å². The average Bonchev–Trinajstić information content (AvgIpc) is 2.12. The lowest BCUT2D eigenvalue weighted by Gasteiger charge is -2.08. The van der Waals surface area contributed by atoms with Gasteiger partial charge in [-0.15, -0.1) is 0 Å². The smallest absolute Gasteiger partial charge is 0.166 e. The number of hydrogen-bond donors (Lipinski definition) is 0. The third-order valence-corrected chi connectivity index (χ3v) is 2.09. The van der Waals surface area contributed by atoms with Gasteiger partial charge in [0.1, 0.15) is 0 Å². The highest BCUT2D eigenvalue weighted by Gasteiger charge is 2.32. The van der Waals surface area contributed by atoms with E-state index in [-0.39, 0.29) is 10.6 Å². The number of rotatable bonds is 0. The van der Waals surface area contributed by atoms with E-state index >= 15 is 0 Å². The molecule has 0 atom stereocenters. The zero-order chi connectivity index (χ0) is 11.5. The predicted octanol–water partition coefficient (Wildman–Crippen LogP) is 4.11. The van der Waals surface area contributed by atoms with Gasteiger partial charge in [0.25, 0.3) is 0 Å². The van der Waals surface area contributed by atoms with Crippen LogP contribution >= 0.6 is 27.5 Å². The van der Waals surface area contributed by atoms with Gasteiger partial charge in [0.2, 0.25) is 0 Å². The topological polar surface area (TPSA) is 0 Å². The molecule has 1 aromatic carbocycles. The maximum atomic E-state index is 12.5. The van der Waals surface area contributed by atoms with Crippen molar-refractivity contribution in [1.82, 2.24) is 0 Å². The summed E-state index contributed by atoms with van der Waals surface area (Å²) in [7, 11) is 0. The van der Waals surface area contributed by atoms with Crippen molar-refractivity contribution in [2.75, 3.05) is 5.33 Å². The minimum Gasteiger partial charge on any atom is -0.166 e. The van der Waals surface area contributed by atoms with Crippen LogP contribution in [0.5, 0.6) is 0 Å². The van der Waals surface area contributed by atoms with Crippen LogP contribution in [0.1, 0.15) is 11.1 Å². The first-order valence-electron chi connectivity index (χ1n) is 3.86. The maximum absolute atomic E-state index is 12.5. The van der Waals surface area contributed by atoms with Crippen molar-refractivity contribution in [2.24, 2.45) is 0 Å². The van der Waals surface area contributed by atoms with Gasteiger partial charge in [0.15, 0.2) is 0 Å². The van der Waals surface area contributed by atoms with E-state index in [1.165, 1.54) is 12.1 Å². The van der Waals surface area contributed by atoms with Crippen LogP contribution in [0.25, 0.3) is 0 Å². The van der Waals surface area contributed by atoms with Crippen molar-refractivity contribution in [3.05, 3.63) is 34.3 Å². The van der Waals surface area contributed by atoms with Crippen molar-refractivity contribution < 1.29 is 13.2 Å². The van der Waals surface area contributed by atoms with Gasteiger partial charge in [-0.05, 0) is 18.2 Å². The van der Waals surface area contributed by atoms with Crippen LogP contribution in [0, 0.1) is 11.8 Å². The summed E-state index contributed by atoms with van der Waals surface area (Å²) in [4.78, 5) is 0. The lowest BCUT2D eigenvalue weighted by atomic mass is 10.1. The monoisotopic (exact) mass is 296 g/mol. The molecule has 80 valence electrons. The van der Waals surface area contributed by atoms with Crippen molar-refractivity contribution in [1.29, 1.82) is 0 Å². The number of hydrogen-bond acceptors (Lipinski definition) is 0. The molecule has 1 rings (SSSR count). The summed E-state index contributed by atoms with van der Waals surface area (Å²) in [5.41, 5.74) is -0.866. The molecule has 0 amide bonds. The molecule has 0 aliphatic rings. The molecule has 0 aliphatic heterocycles. The van der Waals surface area contributed by atoms with Crippen LogP contribution in [0.4, 0.5) is 13.2 Å². The van der Waals surface area contributed by atoms with Gasteiger partial charge in [-0.3, -0.25) is 0 Å². The molecule has 0 radical (unpaired) electrons. The van der Waals surface area contributed by atoms with Gasteiger partial charge in [0.05, 0.1) is 10.9 Å². The van der Waals surface area contributed by atoms with E-state index in [1.54, 1.807) is 0 Å². The second-order valence-electron chi connectivity index (χ2n) is 2.62. The Balaban J connectivity index is 3.27. The Kier molecular flexibility index (Phi) is 4.06. The molecule has 0 heterocycles. The molecule has 0 unspecified atom stereocenters. The summed E-state index contributed by atoms with van der Waals surface area (Å²) in [5.74, 6) is 4.92. The van der Waals surface area contributed by atoms with Gasteiger partial charge >= 0.3 is 6.18 Å². The molecule has 0 spiro atoms. The Hall–Kier alpha value is -0.660. The van der Waals surface area contributed by atoms with Crippen LogP contribution < -0.4 is 0 Å². The van der Waals surface area contributed by atoms with Crippen LogP contribution in [0.3, 0.4) is 0 Å². The largest absolute Gasteiger partial charge is 0.417 e. The lowest BCUT2D eigenvalue weighted by molar-refractivity contribution is -0.137. The summed E-state index contributed by atoms with van der Waals surface area (Å²) in [6, 6.07) is 3.34. The second-order valence-corrected chi connectivity index (χ2v) is 3.62. The Morgan fingerprint density at radius 1 is 1.33 bits per heavy atom. The van der Waals surface area contributed by atoms with Crippen LogP contribution in [-0.4, -0.2) is 5.33 Å². The molecule has 0 saturated carbocycles. The molecule has 0 bridgehead atoms. The summed E-state index contributed by atoms with van der Waals surface area (Å²) >= 11 is 8.61. The van der Waals surface area contributed by atoms with E-state index in [4.69, 9.17) is 11.6 Å². The Labute approximate surface area is 98.6 Å². The Morgan fingerprint density at radius 3 is 2.53 bits per heavy atom. The summed E-state index contributed by atoms with van der Waals surface area (Å²) in [5, 5.41) is 0.554. The van der Waals surface area contributed by atoms with Gasteiger partial charge in [0, 0.05) is 10.6 Å². The molecule has 15 heavy (non-hydrogen) atoms. The Bertz CT molecular complexity index is 415. The molecule has 0 aliphatic carbocycles. The predicted molar refractivity (Wildman–Crippen MR) is 57.1 cm³/mol. The average molecular weight is 298 g/mol. The Morgan fingerprint density at radius 2 is 2.00 bits per heavy atom. The maximum Gasteiger partial charge on any atom is 0.417 e. The minimum atomic E-state index is -4.40. The van der Waals surface area contributed by atoms with Crippen LogP contribution in [-0.2, 0) is 6.18 Å². The number of benzene rings is 1. The molecule has 0 aromatic heterocycles. The van der Waals surface area contributed by atoms with Crippen molar-refractivity contribution in [3.63, 3.8) is 0 Å². The van der Waals surface area contributed by atoms with Gasteiger partial charge < -0.3 is 0 Å². The van der Waals surface area contributed by atoms with E-state index in [0.717, 1.165) is 6.07 Å². The fraction of sp³-hybridized carbons (Fsp3) is 0.200. The van der Waals surface area contributed by atoms with E-state index in [1.807, 2.05) is 0 Å². The zero-order valence-electron chi connectivity index (χ0n) is 7.33. The second kappa shape index (κ2) is 4.91. The number of halogens is 5. The first-order valence-corrected chi connectivity index (χ1v) is 5.36. The molecule has 0 N–H and O–H groups in total. The summed E-state index contributed by atoms with van der Waals surface area (Å²) in [6.07, 6.45) is -4.40. The van der Waals surface area contributed by atoms with Crippen LogP contribution in [0.15, 0.2) is 18.2 Å². The SMILES string of the molecule is FC(F)(F)c1ccc(Cl)cc1C#CCBr. The number of alkyl halides is 4. The van der Waals surface area contributed by atoms with Gasteiger partial charge in [-0.2, -0.15) is 13.2 Å².